The van der Waals surface area contributed by atoms with E-state index < -0.39 is 35.5 Å². The van der Waals surface area contributed by atoms with Crippen LogP contribution in [0.25, 0.3) is 11.3 Å². The summed E-state index contributed by atoms with van der Waals surface area (Å²) in [6.45, 7) is 8.51. The Labute approximate surface area is 345 Å². The van der Waals surface area contributed by atoms with Crippen LogP contribution in [0.3, 0.4) is 0 Å². The largest absolute Gasteiger partial charge is 0.504 e. The van der Waals surface area contributed by atoms with Gasteiger partial charge in [-0.25, -0.2) is 18.0 Å². The molecule has 4 fully saturated rings. The molecule has 3 aromatic rings. The smallest absolute Gasteiger partial charge is 0.320 e. The molecule has 15 nitrogen and oxygen atoms in total. The van der Waals surface area contributed by atoms with Gasteiger partial charge in [0.15, 0.2) is 17.4 Å². The third kappa shape index (κ3) is 6.91. The number of para-hydroxylation sites is 1. The van der Waals surface area contributed by atoms with Crippen LogP contribution in [0.1, 0.15) is 55.5 Å². The molecule has 0 saturated carbocycles. The number of hydrogen-bond donors (Lipinski definition) is 3. The Hall–Kier alpha value is -5.65. The highest BCUT2D eigenvalue weighted by Gasteiger charge is 2.54. The minimum absolute atomic E-state index is 0.0949. The first-order valence-electron chi connectivity index (χ1n) is 20.8. The summed E-state index contributed by atoms with van der Waals surface area (Å²) in [5.74, 6) is -1.70. The third-order valence-corrected chi connectivity index (χ3v) is 13.4. The number of aromatic nitrogens is 2. The van der Waals surface area contributed by atoms with Gasteiger partial charge in [-0.3, -0.25) is 24.6 Å². The van der Waals surface area contributed by atoms with Crippen LogP contribution in [-0.4, -0.2) is 148 Å². The number of hydrogen-bond acceptors (Lipinski definition) is 11. The Morgan fingerprint density at radius 1 is 0.967 bits per heavy atom. The normalized spacial score (nSPS) is 27.1. The van der Waals surface area contributed by atoms with E-state index in [1.807, 2.05) is 36.9 Å². The summed E-state index contributed by atoms with van der Waals surface area (Å²) in [5.41, 5.74) is 1.28. The van der Waals surface area contributed by atoms with E-state index in [1.54, 1.807) is 14.7 Å². The van der Waals surface area contributed by atoms with Crippen LogP contribution in [0.2, 0.25) is 0 Å². The maximum Gasteiger partial charge on any atom is 0.320 e. The number of likely N-dealkylation sites (tertiary alicyclic amines) is 1. The molecular formula is C42H49F3N10O5. The van der Waals surface area contributed by atoms with Crippen molar-refractivity contribution in [1.29, 1.82) is 0 Å². The number of fused-ring (bicyclic) bond motifs is 4. The Balaban J connectivity index is 0.803. The second-order valence-corrected chi connectivity index (χ2v) is 17.2. The number of halogens is 3. The van der Waals surface area contributed by atoms with Crippen LogP contribution < -0.4 is 20.4 Å². The number of imide groups is 1. The van der Waals surface area contributed by atoms with Gasteiger partial charge in [0.2, 0.25) is 11.8 Å². The molecule has 318 valence electrons. The second-order valence-electron chi connectivity index (χ2n) is 17.2. The predicted octanol–water partition coefficient (Wildman–Crippen LogP) is 3.73. The summed E-state index contributed by atoms with van der Waals surface area (Å²) >= 11 is 0. The Bertz CT molecular complexity index is 2210. The summed E-state index contributed by atoms with van der Waals surface area (Å²) in [6.07, 6.45) is -0.708. The first-order chi connectivity index (χ1) is 28.8. The van der Waals surface area contributed by atoms with Crippen molar-refractivity contribution < 1.29 is 37.5 Å². The third-order valence-electron chi connectivity index (χ3n) is 13.4. The molecule has 4 saturated heterocycles. The summed E-state index contributed by atoms with van der Waals surface area (Å²) in [6, 6.07) is 10.4. The lowest BCUT2D eigenvalue weighted by Crippen LogP contribution is -2.72. The van der Waals surface area contributed by atoms with Gasteiger partial charge in [-0.15, -0.1) is 10.2 Å². The molecule has 7 heterocycles. The van der Waals surface area contributed by atoms with E-state index in [0.717, 1.165) is 62.9 Å². The molecule has 1 unspecified atom stereocenters. The number of phenolic OH excluding ortho intramolecular Hbond substituents is 1. The van der Waals surface area contributed by atoms with Crippen LogP contribution in [0.5, 0.6) is 5.75 Å². The lowest BCUT2D eigenvalue weighted by molar-refractivity contribution is -0.136. The average molecular weight is 831 g/mol. The number of benzene rings is 2. The van der Waals surface area contributed by atoms with Gasteiger partial charge < -0.3 is 34.9 Å². The minimum atomic E-state index is -2.82. The zero-order chi connectivity index (χ0) is 42.0. The molecule has 3 N–H and O–H groups in total. The number of phenols is 1. The minimum Gasteiger partial charge on any atom is -0.504 e. The Kier molecular flexibility index (Phi) is 10.2. The lowest BCUT2D eigenvalue weighted by Gasteiger charge is -2.55. The number of carbonyl (C=O) groups is 4. The fourth-order valence-electron chi connectivity index (χ4n) is 10.4. The van der Waals surface area contributed by atoms with E-state index in [2.05, 4.69) is 30.6 Å². The number of aromatic hydroxyl groups is 1. The summed E-state index contributed by atoms with van der Waals surface area (Å²) in [7, 11) is 0. The number of nitrogens with zero attached hydrogens (tertiary/aromatic N) is 8. The van der Waals surface area contributed by atoms with Gasteiger partial charge in [-0.1, -0.05) is 12.1 Å². The highest BCUT2D eigenvalue weighted by atomic mass is 19.3. The first kappa shape index (κ1) is 39.8. The maximum atomic E-state index is 15.3. The quantitative estimate of drug-likeness (QED) is 0.311. The zero-order valence-electron chi connectivity index (χ0n) is 33.6. The number of anilines is 3. The number of carbonyl (C=O) groups excluding carboxylic acids is 4. The van der Waals surface area contributed by atoms with Crippen LogP contribution >= 0.6 is 0 Å². The van der Waals surface area contributed by atoms with Crippen LogP contribution in [0.4, 0.5) is 35.2 Å². The van der Waals surface area contributed by atoms with Gasteiger partial charge in [0.25, 0.3) is 12.3 Å². The van der Waals surface area contributed by atoms with Crippen molar-refractivity contribution in [2.75, 3.05) is 74.0 Å². The molecule has 1 aromatic heterocycles. The van der Waals surface area contributed by atoms with E-state index in [1.165, 1.54) is 18.2 Å². The molecule has 6 aliphatic heterocycles. The van der Waals surface area contributed by atoms with Crippen molar-refractivity contribution in [2.45, 2.75) is 76.2 Å². The van der Waals surface area contributed by atoms with E-state index >= 15 is 8.78 Å². The molecule has 0 radical (unpaired) electrons. The number of nitrogens with one attached hydrogen (secondary N) is 2. The molecule has 0 spiro atoms. The van der Waals surface area contributed by atoms with Crippen LogP contribution in [-0.2, 0) is 16.1 Å². The summed E-state index contributed by atoms with van der Waals surface area (Å²) in [5, 5.41) is 24.0. The standard InChI is InChI=1S/C42H49F3N10O5/c1-24-16-26(20-50-10-12-51(13-11-50)28-7-6-27-21-53(39(59)30(27)18-28)33-8-9-35(56)47-38(33)58)17-25(2)55(24)41(60)52-14-15-54-34-19-32(29-4-3-5-31(43)36(29)57)48-49-37(34)46-22-42(54,23-52)40(44)45/h3-7,18-19,24-26,33,40,57H,8-17,20-23H2,1-2H3,(H,46,49)(H,47,56,58)/t24-,25+,26?,33-,42+/m0/s1. The topological polar surface area (TPSA) is 158 Å². The molecular weight excluding hydrogens is 782 g/mol. The number of alkyl halides is 2. The molecule has 0 bridgehead atoms. The van der Waals surface area contributed by atoms with Gasteiger partial charge in [0, 0.05) is 94.2 Å². The summed E-state index contributed by atoms with van der Waals surface area (Å²) < 4.78 is 44.7. The van der Waals surface area contributed by atoms with Crippen LogP contribution in [0, 0.1) is 11.7 Å². The van der Waals surface area contributed by atoms with Crippen molar-refractivity contribution in [1.82, 2.24) is 35.1 Å². The van der Waals surface area contributed by atoms with Crippen molar-refractivity contribution in [3.63, 3.8) is 0 Å². The van der Waals surface area contributed by atoms with E-state index in [0.29, 0.717) is 36.0 Å². The van der Waals surface area contributed by atoms with Gasteiger partial charge in [-0.05, 0) is 74.9 Å². The number of amides is 5. The molecule has 18 heteroatoms. The van der Waals surface area contributed by atoms with Gasteiger partial charge in [0.05, 0.1) is 17.9 Å². The van der Waals surface area contributed by atoms with Crippen molar-refractivity contribution in [3.05, 3.63) is 59.4 Å². The Morgan fingerprint density at radius 2 is 1.73 bits per heavy atom. The molecule has 60 heavy (non-hydrogen) atoms. The fraction of sp³-hybridized carbons (Fsp3) is 0.524. The van der Waals surface area contributed by atoms with Crippen molar-refractivity contribution in [3.8, 4) is 17.0 Å². The van der Waals surface area contributed by atoms with Gasteiger partial charge in [-0.2, -0.15) is 0 Å². The van der Waals surface area contributed by atoms with Crippen LogP contribution in [0.15, 0.2) is 42.5 Å². The first-order valence-corrected chi connectivity index (χ1v) is 20.8. The van der Waals surface area contributed by atoms with Gasteiger partial charge in [0.1, 0.15) is 11.6 Å². The Morgan fingerprint density at radius 3 is 2.47 bits per heavy atom. The molecule has 2 aromatic carbocycles. The molecule has 5 atom stereocenters. The molecule has 0 aliphatic carbocycles. The highest BCUT2D eigenvalue weighted by Crippen LogP contribution is 2.43. The second kappa shape index (κ2) is 15.4. The molecule has 5 amide bonds. The molecule has 9 rings (SSSR count). The average Bonchev–Trinajstić information content (AvgIpc) is 3.56. The van der Waals surface area contributed by atoms with E-state index in [-0.39, 0.29) is 73.8 Å². The number of piperidine rings is 2. The van der Waals surface area contributed by atoms with Gasteiger partial charge >= 0.3 is 6.03 Å². The fourth-order valence-corrected chi connectivity index (χ4v) is 10.4. The SMILES string of the molecule is C[C@@H]1CC(CN2CCN(c3ccc4c(c3)C(=O)N([C@H]3CCC(=O)NC3=O)C4)CC2)C[C@H](C)N1C(=O)N1CCN2c3cc(-c4cccc(F)c4O)nnc3NC[C@]2(C(F)F)C1. The summed E-state index contributed by atoms with van der Waals surface area (Å²) in [4.78, 5) is 63.1. The maximum absolute atomic E-state index is 15.3. The predicted molar refractivity (Wildman–Crippen MR) is 215 cm³/mol. The number of urea groups is 1. The lowest BCUT2D eigenvalue weighted by atomic mass is 9.86. The van der Waals surface area contributed by atoms with Crippen molar-refractivity contribution >= 4 is 40.9 Å². The van der Waals surface area contributed by atoms with Crippen molar-refractivity contribution in [2.24, 2.45) is 5.92 Å². The number of rotatable bonds is 6. The highest BCUT2D eigenvalue weighted by molar-refractivity contribution is 6.05. The van der Waals surface area contributed by atoms with E-state index in [4.69, 9.17) is 0 Å². The zero-order valence-corrected chi connectivity index (χ0v) is 33.6. The number of piperazine rings is 2. The monoisotopic (exact) mass is 830 g/mol. The molecule has 6 aliphatic rings. The van der Waals surface area contributed by atoms with E-state index in [9.17, 15) is 28.7 Å².